The highest BCUT2D eigenvalue weighted by atomic mass is 35.5. The molecule has 3 atom stereocenters. The van der Waals surface area contributed by atoms with E-state index in [1.54, 1.807) is 12.3 Å². The molecule has 1 aromatic carbocycles. The number of aromatic nitrogens is 3. The van der Waals surface area contributed by atoms with Gasteiger partial charge in [-0.15, -0.1) is 0 Å². The minimum atomic E-state index is -0.101. The number of rotatable bonds is 10. The largest absolute Gasteiger partial charge is 0.495 e. The number of carbonyl (C=O) groups is 1. The Morgan fingerprint density at radius 1 is 1.10 bits per heavy atom. The molecule has 1 unspecified atom stereocenters. The summed E-state index contributed by atoms with van der Waals surface area (Å²) in [5.74, 6) is 1.74. The van der Waals surface area contributed by atoms with Crippen LogP contribution in [-0.2, 0) is 20.7 Å². The highest BCUT2D eigenvalue weighted by Crippen LogP contribution is 2.46. The quantitative estimate of drug-likeness (QED) is 0.306. The van der Waals surface area contributed by atoms with E-state index in [0.717, 1.165) is 36.0 Å². The number of fused-ring (bicyclic) bond motifs is 1. The van der Waals surface area contributed by atoms with Crippen molar-refractivity contribution in [2.45, 2.75) is 31.7 Å². The molecule has 1 N–H and O–H groups in total. The van der Waals surface area contributed by atoms with Crippen LogP contribution in [0.4, 0.5) is 5.95 Å². The highest BCUT2D eigenvalue weighted by molar-refractivity contribution is 6.41. The van der Waals surface area contributed by atoms with Crippen molar-refractivity contribution < 1.29 is 23.7 Å². The second-order valence-corrected chi connectivity index (χ2v) is 10.8. The molecule has 2 aliphatic rings. The summed E-state index contributed by atoms with van der Waals surface area (Å²) < 4.78 is 22.3. The van der Waals surface area contributed by atoms with Gasteiger partial charge in [0.25, 0.3) is 0 Å². The molecule has 2 saturated heterocycles. The first-order valence-electron chi connectivity index (χ1n) is 13.3. The van der Waals surface area contributed by atoms with Crippen LogP contribution >= 0.6 is 23.2 Å². The molecule has 212 valence electrons. The number of pyridine rings is 1. The number of hydrogen-bond donors (Lipinski definition) is 1. The van der Waals surface area contributed by atoms with E-state index in [2.05, 4.69) is 16.9 Å². The minimum Gasteiger partial charge on any atom is -0.495 e. The lowest BCUT2D eigenvalue weighted by molar-refractivity contribution is -0.116. The van der Waals surface area contributed by atoms with Crippen molar-refractivity contribution in [3.63, 3.8) is 0 Å². The van der Waals surface area contributed by atoms with Crippen LogP contribution in [0.3, 0.4) is 0 Å². The van der Waals surface area contributed by atoms with Gasteiger partial charge >= 0.3 is 0 Å². The molecule has 2 aromatic heterocycles. The molecule has 0 saturated carbocycles. The molecule has 4 heterocycles. The number of halogens is 2. The Labute approximate surface area is 243 Å². The van der Waals surface area contributed by atoms with Crippen molar-refractivity contribution in [3.05, 3.63) is 46.7 Å². The molecule has 2 aliphatic heterocycles. The maximum absolute atomic E-state index is 12.1. The normalized spacial score (nSPS) is 20.9. The van der Waals surface area contributed by atoms with Crippen LogP contribution in [-0.4, -0.2) is 67.4 Å². The monoisotopic (exact) mass is 586 g/mol. The van der Waals surface area contributed by atoms with Crippen LogP contribution < -0.4 is 14.8 Å². The van der Waals surface area contributed by atoms with Crippen LogP contribution in [0, 0.1) is 11.8 Å². The van der Waals surface area contributed by atoms with Gasteiger partial charge in [-0.2, -0.15) is 0 Å². The molecular formula is C29H32Cl2N4O5. The first-order chi connectivity index (χ1) is 19.4. The van der Waals surface area contributed by atoms with Crippen molar-refractivity contribution in [3.8, 4) is 22.8 Å². The summed E-state index contributed by atoms with van der Waals surface area (Å²) in [4.78, 5) is 26.6. The smallest absolute Gasteiger partial charge is 0.223 e. The summed E-state index contributed by atoms with van der Waals surface area (Å²) in [5, 5.41) is 4.87. The van der Waals surface area contributed by atoms with Gasteiger partial charge in [-0.3, -0.25) is 9.78 Å². The van der Waals surface area contributed by atoms with E-state index in [4.69, 9.17) is 52.1 Å². The number of hydrogen-bond acceptors (Lipinski definition) is 9. The third-order valence-electron chi connectivity index (χ3n) is 7.48. The van der Waals surface area contributed by atoms with Gasteiger partial charge in [-0.25, -0.2) is 9.97 Å². The number of benzene rings is 1. The zero-order chi connectivity index (χ0) is 28.2. The molecule has 0 spiro atoms. The Balaban J connectivity index is 1.56. The van der Waals surface area contributed by atoms with Gasteiger partial charge in [0.15, 0.2) is 5.78 Å². The lowest BCUT2D eigenvalue weighted by Crippen LogP contribution is -2.40. The third-order valence-corrected chi connectivity index (χ3v) is 8.23. The number of methoxy groups -OCH3 is 2. The molecule has 0 radical (unpaired) electrons. The average Bonchev–Trinajstić information content (AvgIpc) is 3.47. The lowest BCUT2D eigenvalue weighted by Gasteiger charge is -2.31. The van der Waals surface area contributed by atoms with Gasteiger partial charge < -0.3 is 24.3 Å². The Kier molecular flexibility index (Phi) is 9.05. The molecule has 0 amide bonds. The van der Waals surface area contributed by atoms with Crippen LogP contribution in [0.5, 0.6) is 11.5 Å². The molecule has 3 aromatic rings. The summed E-state index contributed by atoms with van der Waals surface area (Å²) in [6, 6.07) is 3.42. The Bertz CT molecular complexity index is 1380. The second kappa shape index (κ2) is 12.7. The van der Waals surface area contributed by atoms with Gasteiger partial charge in [-0.05, 0) is 43.2 Å². The number of nitrogens with one attached hydrogen (secondary N) is 1. The molecule has 0 bridgehead atoms. The SMILES string of the molecule is C=CC(=O)C[C@H]1CCOC[C@H]1Nc1ncc2cc(-c3c(Cl)c(OC)cc(OC)c3Cl)nc(CC3CCOC3)c2n1. The molecule has 0 aliphatic carbocycles. The van der Waals surface area contributed by atoms with Gasteiger partial charge in [0.05, 0.1) is 53.8 Å². The van der Waals surface area contributed by atoms with Crippen molar-refractivity contribution in [2.75, 3.05) is 46.0 Å². The summed E-state index contributed by atoms with van der Waals surface area (Å²) >= 11 is 13.5. The number of carbonyl (C=O) groups excluding carboxylic acids is 1. The summed E-state index contributed by atoms with van der Waals surface area (Å²) in [6.45, 7) is 6.08. The van der Waals surface area contributed by atoms with Crippen molar-refractivity contribution in [2.24, 2.45) is 11.8 Å². The van der Waals surface area contributed by atoms with Crippen molar-refractivity contribution >= 4 is 45.8 Å². The van der Waals surface area contributed by atoms with E-state index in [9.17, 15) is 4.79 Å². The summed E-state index contributed by atoms with van der Waals surface area (Å²) in [5.41, 5.74) is 2.61. The third kappa shape index (κ3) is 6.02. The fraction of sp³-hybridized carbons (Fsp3) is 0.448. The number of anilines is 1. The van der Waals surface area contributed by atoms with E-state index in [-0.39, 0.29) is 17.7 Å². The maximum Gasteiger partial charge on any atom is 0.223 e. The van der Waals surface area contributed by atoms with E-state index in [1.807, 2.05) is 6.07 Å². The fourth-order valence-electron chi connectivity index (χ4n) is 5.27. The first-order valence-corrected chi connectivity index (χ1v) is 14.0. The number of ketones is 1. The number of nitrogens with zero attached hydrogens (tertiary/aromatic N) is 3. The van der Waals surface area contributed by atoms with Gasteiger partial charge in [0.1, 0.15) is 11.5 Å². The Morgan fingerprint density at radius 2 is 1.82 bits per heavy atom. The molecule has 2 fully saturated rings. The predicted molar refractivity (Wildman–Crippen MR) is 155 cm³/mol. The molecular weight excluding hydrogens is 555 g/mol. The van der Waals surface area contributed by atoms with E-state index in [1.165, 1.54) is 20.3 Å². The minimum absolute atomic E-state index is 0.0161. The van der Waals surface area contributed by atoms with Crippen molar-refractivity contribution in [1.82, 2.24) is 15.0 Å². The lowest BCUT2D eigenvalue weighted by atomic mass is 9.90. The zero-order valence-corrected chi connectivity index (χ0v) is 24.1. The Morgan fingerprint density at radius 3 is 2.50 bits per heavy atom. The molecule has 9 nitrogen and oxygen atoms in total. The van der Waals surface area contributed by atoms with E-state index in [0.29, 0.717) is 77.3 Å². The topological polar surface area (TPSA) is 105 Å². The number of allylic oxidation sites excluding steroid dienone is 1. The second-order valence-electron chi connectivity index (χ2n) is 10.1. The maximum atomic E-state index is 12.1. The van der Waals surface area contributed by atoms with Crippen LogP contribution in [0.25, 0.3) is 22.2 Å². The zero-order valence-electron chi connectivity index (χ0n) is 22.5. The van der Waals surface area contributed by atoms with Crippen LogP contribution in [0.1, 0.15) is 25.0 Å². The van der Waals surface area contributed by atoms with Gasteiger partial charge in [-0.1, -0.05) is 29.8 Å². The van der Waals surface area contributed by atoms with Crippen molar-refractivity contribution in [1.29, 1.82) is 0 Å². The van der Waals surface area contributed by atoms with E-state index < -0.39 is 0 Å². The molecule has 5 rings (SSSR count). The highest BCUT2D eigenvalue weighted by Gasteiger charge is 2.29. The predicted octanol–water partition coefficient (Wildman–Crippen LogP) is 5.56. The Hall–Kier alpha value is -2.98. The molecule has 40 heavy (non-hydrogen) atoms. The van der Waals surface area contributed by atoms with Gasteiger partial charge in [0, 0.05) is 49.5 Å². The summed E-state index contributed by atoms with van der Waals surface area (Å²) in [7, 11) is 3.07. The van der Waals surface area contributed by atoms with Crippen LogP contribution in [0.15, 0.2) is 31.0 Å². The number of ether oxygens (including phenoxy) is 4. The summed E-state index contributed by atoms with van der Waals surface area (Å²) in [6.07, 6.45) is 5.92. The van der Waals surface area contributed by atoms with Gasteiger partial charge in [0.2, 0.25) is 5.95 Å². The molecule has 11 heteroatoms. The standard InChI is InChI=1S/C29H32Cl2N4O5/c1-4-19(36)10-17-6-8-40-15-22(17)34-29-32-13-18-11-20(25-26(30)23(37-2)12-24(38-3)27(25)31)33-21(28(18)35-29)9-16-5-7-39-14-16/h4,11-13,16-17,22H,1,5-10,14-15H2,2-3H3,(H,32,34,35)/t16?,17-,22-/m1/s1. The fourth-order valence-corrected chi connectivity index (χ4v) is 5.96. The average molecular weight is 588 g/mol. The first kappa shape index (κ1) is 28.5. The van der Waals surface area contributed by atoms with Crippen LogP contribution in [0.2, 0.25) is 10.0 Å². The van der Waals surface area contributed by atoms with E-state index >= 15 is 0 Å².